The number of fused-ring (bicyclic) bond motifs is 1. The van der Waals surface area contributed by atoms with Crippen LogP contribution in [0.2, 0.25) is 0 Å². The van der Waals surface area contributed by atoms with Gasteiger partial charge in [-0.05, 0) is 78.5 Å². The van der Waals surface area contributed by atoms with Gasteiger partial charge in [0.1, 0.15) is 0 Å². The minimum atomic E-state index is 0.693. The fourth-order valence-electron chi connectivity index (χ4n) is 3.27. The maximum atomic E-state index is 3.54. The fraction of sp³-hybridized carbons (Fsp3) is 0.692. The number of rotatable bonds is 4. The van der Waals surface area contributed by atoms with E-state index < -0.39 is 0 Å². The number of thiophene rings is 1. The number of hydrogen-bond acceptors (Lipinski definition) is 2. The normalized spacial score (nSPS) is 33.8. The first kappa shape index (κ1) is 11.2. The molecule has 0 amide bonds. The van der Waals surface area contributed by atoms with Crippen LogP contribution < -0.4 is 5.32 Å². The Kier molecular flexibility index (Phi) is 3.11. The molecule has 88 valence electrons. The predicted octanol–water partition coefficient (Wildman–Crippen LogP) is 3.69. The zero-order valence-corrected chi connectivity index (χ0v) is 12.0. The summed E-state index contributed by atoms with van der Waals surface area (Å²) in [4.78, 5) is 1.51. The second kappa shape index (κ2) is 4.43. The third-order valence-corrected chi connectivity index (χ3v) is 5.92. The lowest BCUT2D eigenvalue weighted by atomic mass is 9.92. The van der Waals surface area contributed by atoms with Crippen molar-refractivity contribution in [3.63, 3.8) is 0 Å². The van der Waals surface area contributed by atoms with Crippen LogP contribution in [0.1, 0.15) is 24.1 Å². The molecule has 0 spiro atoms. The van der Waals surface area contributed by atoms with E-state index in [1.165, 1.54) is 34.3 Å². The van der Waals surface area contributed by atoms with Crippen molar-refractivity contribution in [1.29, 1.82) is 0 Å². The van der Waals surface area contributed by atoms with Crippen molar-refractivity contribution in [2.75, 3.05) is 7.05 Å². The number of likely N-dealkylation sites (N-methyl/N-ethyl adjacent to an activating group) is 1. The Balaban J connectivity index is 1.62. The van der Waals surface area contributed by atoms with Crippen LogP contribution in [0.3, 0.4) is 0 Å². The van der Waals surface area contributed by atoms with Crippen molar-refractivity contribution in [3.05, 3.63) is 20.8 Å². The van der Waals surface area contributed by atoms with E-state index in [-0.39, 0.29) is 0 Å². The van der Waals surface area contributed by atoms with Gasteiger partial charge >= 0.3 is 0 Å². The van der Waals surface area contributed by atoms with Crippen LogP contribution >= 0.6 is 27.3 Å². The topological polar surface area (TPSA) is 12.0 Å². The van der Waals surface area contributed by atoms with E-state index in [1.807, 2.05) is 11.3 Å². The summed E-state index contributed by atoms with van der Waals surface area (Å²) in [5, 5.41) is 3.53. The molecule has 1 aromatic rings. The summed E-state index contributed by atoms with van der Waals surface area (Å²) >= 11 is 5.42. The zero-order chi connectivity index (χ0) is 11.1. The predicted molar refractivity (Wildman–Crippen MR) is 72.9 cm³/mol. The van der Waals surface area contributed by atoms with Gasteiger partial charge in [0.2, 0.25) is 0 Å². The summed E-state index contributed by atoms with van der Waals surface area (Å²) in [6.07, 6.45) is 5.68. The Bertz CT molecular complexity index is 366. The van der Waals surface area contributed by atoms with Crippen LogP contribution in [0.15, 0.2) is 15.9 Å². The third-order valence-electron chi connectivity index (χ3n) is 4.27. The van der Waals surface area contributed by atoms with Gasteiger partial charge in [0.15, 0.2) is 0 Å². The third kappa shape index (κ3) is 2.22. The molecule has 1 nitrogen and oxygen atoms in total. The Labute approximate surface area is 110 Å². The maximum absolute atomic E-state index is 3.54. The summed E-state index contributed by atoms with van der Waals surface area (Å²) in [5.74, 6) is 3.11. The van der Waals surface area contributed by atoms with E-state index in [1.54, 1.807) is 0 Å². The van der Waals surface area contributed by atoms with Crippen LogP contribution in [-0.4, -0.2) is 13.1 Å². The Hall–Kier alpha value is 0.140. The highest BCUT2D eigenvalue weighted by molar-refractivity contribution is 9.11. The van der Waals surface area contributed by atoms with Crippen molar-refractivity contribution >= 4 is 27.3 Å². The van der Waals surface area contributed by atoms with Gasteiger partial charge < -0.3 is 5.32 Å². The lowest BCUT2D eigenvalue weighted by molar-refractivity contribution is 0.350. The first-order valence-corrected chi connectivity index (χ1v) is 7.78. The molecule has 3 rings (SSSR count). The van der Waals surface area contributed by atoms with Crippen LogP contribution in [0, 0.1) is 17.8 Å². The summed E-state index contributed by atoms with van der Waals surface area (Å²) < 4.78 is 1.26. The van der Waals surface area contributed by atoms with Gasteiger partial charge in [-0.15, -0.1) is 11.3 Å². The zero-order valence-electron chi connectivity index (χ0n) is 9.58. The second-order valence-electron chi connectivity index (χ2n) is 5.29. The Morgan fingerprint density at radius 1 is 1.38 bits per heavy atom. The molecule has 3 heteroatoms. The van der Waals surface area contributed by atoms with E-state index in [4.69, 9.17) is 0 Å². The average Bonchev–Trinajstić information content (AvgIpc) is 2.71. The van der Waals surface area contributed by atoms with Gasteiger partial charge in [0.05, 0.1) is 3.79 Å². The fourth-order valence-corrected chi connectivity index (χ4v) is 4.81. The number of nitrogens with one attached hydrogen (secondary N) is 1. The molecule has 2 fully saturated rings. The second-order valence-corrected chi connectivity index (χ2v) is 7.84. The Morgan fingerprint density at radius 3 is 2.69 bits per heavy atom. The smallest absolute Gasteiger partial charge is 0.0701 e. The van der Waals surface area contributed by atoms with E-state index in [2.05, 4.69) is 40.4 Å². The highest BCUT2D eigenvalue weighted by Gasteiger charge is 2.47. The quantitative estimate of drug-likeness (QED) is 0.894. The molecule has 0 saturated heterocycles. The molecule has 0 aromatic carbocycles. The van der Waals surface area contributed by atoms with Gasteiger partial charge in [0, 0.05) is 10.9 Å². The molecule has 3 unspecified atom stereocenters. The van der Waals surface area contributed by atoms with Crippen LogP contribution in [-0.2, 0) is 6.42 Å². The maximum Gasteiger partial charge on any atom is 0.0701 e. The minimum Gasteiger partial charge on any atom is -0.316 e. The lowest BCUT2D eigenvalue weighted by Crippen LogP contribution is -2.34. The largest absolute Gasteiger partial charge is 0.316 e. The molecular weight excluding hydrogens is 282 g/mol. The molecule has 0 bridgehead atoms. The van der Waals surface area contributed by atoms with Gasteiger partial charge in [-0.2, -0.15) is 0 Å². The number of hydrogen-bond donors (Lipinski definition) is 1. The molecule has 1 heterocycles. The molecule has 16 heavy (non-hydrogen) atoms. The summed E-state index contributed by atoms with van der Waals surface area (Å²) in [6.45, 7) is 0. The Morgan fingerprint density at radius 2 is 2.12 bits per heavy atom. The number of halogens is 1. The van der Waals surface area contributed by atoms with Gasteiger partial charge in [-0.3, -0.25) is 0 Å². The van der Waals surface area contributed by atoms with Gasteiger partial charge in [-0.1, -0.05) is 0 Å². The van der Waals surface area contributed by atoms with Crippen LogP contribution in [0.5, 0.6) is 0 Å². The average molecular weight is 300 g/mol. The molecule has 0 aliphatic heterocycles. The standard InChI is InChI=1S/C13H18BrNS/c1-15-12(7-11-2-3-13(14)16-11)10-5-8-4-9(8)6-10/h2-3,8-10,12,15H,4-7H2,1H3. The molecule has 2 aliphatic rings. The van der Waals surface area contributed by atoms with Crippen molar-refractivity contribution in [1.82, 2.24) is 5.32 Å². The highest BCUT2D eigenvalue weighted by atomic mass is 79.9. The summed E-state index contributed by atoms with van der Waals surface area (Å²) in [5.41, 5.74) is 0. The summed E-state index contributed by atoms with van der Waals surface area (Å²) in [7, 11) is 2.12. The minimum absolute atomic E-state index is 0.693. The van der Waals surface area contributed by atoms with Crippen molar-refractivity contribution in [2.24, 2.45) is 17.8 Å². The molecule has 1 N–H and O–H groups in total. The van der Waals surface area contributed by atoms with Gasteiger partial charge in [-0.25, -0.2) is 0 Å². The van der Waals surface area contributed by atoms with Crippen molar-refractivity contribution < 1.29 is 0 Å². The van der Waals surface area contributed by atoms with Crippen molar-refractivity contribution in [3.8, 4) is 0 Å². The molecule has 0 radical (unpaired) electrons. The molecule has 2 aliphatic carbocycles. The van der Waals surface area contributed by atoms with Gasteiger partial charge in [0.25, 0.3) is 0 Å². The van der Waals surface area contributed by atoms with E-state index in [0.717, 1.165) is 17.8 Å². The first-order chi connectivity index (χ1) is 7.76. The summed E-state index contributed by atoms with van der Waals surface area (Å²) in [6, 6.07) is 5.12. The molecule has 3 atom stereocenters. The van der Waals surface area contributed by atoms with E-state index in [0.29, 0.717) is 6.04 Å². The van der Waals surface area contributed by atoms with Crippen LogP contribution in [0.4, 0.5) is 0 Å². The molecule has 1 aromatic heterocycles. The SMILES string of the molecule is CNC(Cc1ccc(Br)s1)C1CC2CC2C1. The lowest BCUT2D eigenvalue weighted by Gasteiger charge is -2.23. The first-order valence-electron chi connectivity index (χ1n) is 6.17. The monoisotopic (exact) mass is 299 g/mol. The highest BCUT2D eigenvalue weighted by Crippen LogP contribution is 2.55. The van der Waals surface area contributed by atoms with Crippen LogP contribution in [0.25, 0.3) is 0 Å². The van der Waals surface area contributed by atoms with E-state index >= 15 is 0 Å². The molecule has 2 saturated carbocycles. The van der Waals surface area contributed by atoms with E-state index in [9.17, 15) is 0 Å². The molecular formula is C13H18BrNS. The van der Waals surface area contributed by atoms with Crippen molar-refractivity contribution in [2.45, 2.75) is 31.7 Å².